The first-order valence-electron chi connectivity index (χ1n) is 8.10. The van der Waals surface area contributed by atoms with E-state index in [1.54, 1.807) is 17.1 Å². The van der Waals surface area contributed by atoms with Crippen molar-refractivity contribution in [3.8, 4) is 0 Å². The van der Waals surface area contributed by atoms with Crippen LogP contribution in [0.2, 0.25) is 0 Å². The molecule has 0 saturated carbocycles. The largest absolute Gasteiger partial charge is 0.447 e. The Morgan fingerprint density at radius 2 is 2.08 bits per heavy atom. The van der Waals surface area contributed by atoms with Crippen molar-refractivity contribution in [1.82, 2.24) is 4.90 Å². The SMILES string of the molecule is C/C(=C\C[C@@H](O)/C(C)=C/I)C(=O)N1C(=O)OC[C@H]1Cc1ccccc1. The zero-order valence-electron chi connectivity index (χ0n) is 14.3. The van der Waals surface area contributed by atoms with Crippen LogP contribution >= 0.6 is 22.6 Å². The van der Waals surface area contributed by atoms with E-state index in [9.17, 15) is 14.7 Å². The predicted octanol–water partition coefficient (Wildman–Crippen LogP) is 3.61. The van der Waals surface area contributed by atoms with Crippen LogP contribution in [-0.2, 0) is 16.0 Å². The number of aliphatic hydroxyl groups is 1. The molecule has 1 heterocycles. The van der Waals surface area contributed by atoms with Gasteiger partial charge in [0, 0.05) is 5.57 Å². The molecule has 1 aliphatic heterocycles. The second kappa shape index (κ2) is 9.15. The lowest BCUT2D eigenvalue weighted by atomic mass is 10.0. The number of ether oxygens (including phenoxy) is 1. The quantitative estimate of drug-likeness (QED) is 0.526. The maximum atomic E-state index is 12.7. The average molecular weight is 455 g/mol. The standard InChI is InChI=1S/C19H22INO4/c1-13(8-9-17(22)14(2)11-20)18(23)21-16(12-25-19(21)24)10-15-6-4-3-5-7-15/h3-8,11,16-17,22H,9-10,12H2,1-2H3/b13-8+,14-11+/t16-,17-/m1/s1. The normalized spacial score (nSPS) is 19.8. The molecule has 5 nitrogen and oxygen atoms in total. The molecule has 1 saturated heterocycles. The van der Waals surface area contributed by atoms with Gasteiger partial charge < -0.3 is 9.84 Å². The summed E-state index contributed by atoms with van der Waals surface area (Å²) in [5.41, 5.74) is 2.31. The highest BCUT2D eigenvalue weighted by Crippen LogP contribution is 2.20. The topological polar surface area (TPSA) is 66.8 Å². The fourth-order valence-corrected chi connectivity index (χ4v) is 2.99. The predicted molar refractivity (Wildman–Crippen MR) is 104 cm³/mol. The molecule has 1 fully saturated rings. The summed E-state index contributed by atoms with van der Waals surface area (Å²) in [5.74, 6) is -0.369. The molecule has 1 aromatic carbocycles. The first kappa shape index (κ1) is 19.7. The molecule has 2 rings (SSSR count). The Bertz CT molecular complexity index is 684. The Morgan fingerprint density at radius 1 is 1.40 bits per heavy atom. The summed E-state index contributed by atoms with van der Waals surface area (Å²) in [6.45, 7) is 3.69. The van der Waals surface area contributed by atoms with Crippen LogP contribution in [0.3, 0.4) is 0 Å². The smallest absolute Gasteiger partial charge is 0.417 e. The second-order valence-electron chi connectivity index (χ2n) is 6.09. The highest BCUT2D eigenvalue weighted by Gasteiger charge is 2.38. The zero-order valence-corrected chi connectivity index (χ0v) is 16.5. The highest BCUT2D eigenvalue weighted by atomic mass is 127. The minimum absolute atomic E-state index is 0.200. The number of benzene rings is 1. The monoisotopic (exact) mass is 455 g/mol. The average Bonchev–Trinajstić information content (AvgIpc) is 2.98. The van der Waals surface area contributed by atoms with Gasteiger partial charge in [0.25, 0.3) is 5.91 Å². The number of hydrogen-bond acceptors (Lipinski definition) is 4. The molecule has 1 N–H and O–H groups in total. The molecule has 2 amide bonds. The molecule has 6 heteroatoms. The van der Waals surface area contributed by atoms with Gasteiger partial charge in [-0.2, -0.15) is 0 Å². The van der Waals surface area contributed by atoms with E-state index in [2.05, 4.69) is 22.6 Å². The number of imide groups is 1. The van der Waals surface area contributed by atoms with Crippen molar-refractivity contribution in [3.05, 3.63) is 57.2 Å². The molecule has 2 atom stereocenters. The summed E-state index contributed by atoms with van der Waals surface area (Å²) in [6, 6.07) is 9.38. The molecule has 0 radical (unpaired) electrons. The molecular weight excluding hydrogens is 433 g/mol. The number of nitrogens with zero attached hydrogens (tertiary/aromatic N) is 1. The van der Waals surface area contributed by atoms with Crippen molar-refractivity contribution in [1.29, 1.82) is 0 Å². The van der Waals surface area contributed by atoms with Crippen LogP contribution in [0.25, 0.3) is 0 Å². The van der Waals surface area contributed by atoms with E-state index in [0.717, 1.165) is 11.1 Å². The van der Waals surface area contributed by atoms with E-state index < -0.39 is 12.2 Å². The molecule has 25 heavy (non-hydrogen) atoms. The van der Waals surface area contributed by atoms with Crippen molar-refractivity contribution < 1.29 is 19.4 Å². The lowest BCUT2D eigenvalue weighted by Crippen LogP contribution is -2.40. The summed E-state index contributed by atoms with van der Waals surface area (Å²) < 4.78 is 6.89. The van der Waals surface area contributed by atoms with Crippen molar-refractivity contribution in [2.24, 2.45) is 0 Å². The molecule has 1 aromatic rings. The molecule has 0 aromatic heterocycles. The van der Waals surface area contributed by atoms with Crippen LogP contribution in [-0.4, -0.2) is 40.8 Å². The Balaban J connectivity index is 2.08. The first-order valence-corrected chi connectivity index (χ1v) is 9.34. The van der Waals surface area contributed by atoms with E-state index in [4.69, 9.17) is 4.74 Å². The lowest BCUT2D eigenvalue weighted by molar-refractivity contribution is -0.125. The van der Waals surface area contributed by atoms with Gasteiger partial charge in [-0.3, -0.25) is 4.79 Å². The van der Waals surface area contributed by atoms with E-state index in [1.165, 1.54) is 4.90 Å². The summed E-state index contributed by atoms with van der Waals surface area (Å²) >= 11 is 2.07. The summed E-state index contributed by atoms with van der Waals surface area (Å²) in [6.07, 6.45) is 1.31. The summed E-state index contributed by atoms with van der Waals surface area (Å²) in [5, 5.41) is 9.98. The molecule has 0 aliphatic carbocycles. The van der Waals surface area contributed by atoms with Gasteiger partial charge in [-0.05, 0) is 41.9 Å². The molecule has 0 unspecified atom stereocenters. The molecule has 0 spiro atoms. The fourth-order valence-electron chi connectivity index (χ4n) is 2.57. The zero-order chi connectivity index (χ0) is 18.4. The van der Waals surface area contributed by atoms with Crippen LogP contribution in [0.15, 0.2) is 51.6 Å². The maximum Gasteiger partial charge on any atom is 0.417 e. The Labute approximate surface area is 161 Å². The molecule has 0 bridgehead atoms. The minimum Gasteiger partial charge on any atom is -0.447 e. The van der Waals surface area contributed by atoms with E-state index in [1.807, 2.05) is 37.3 Å². The maximum absolute atomic E-state index is 12.7. The van der Waals surface area contributed by atoms with Gasteiger partial charge in [0.2, 0.25) is 0 Å². The van der Waals surface area contributed by atoms with E-state index >= 15 is 0 Å². The second-order valence-corrected chi connectivity index (χ2v) is 6.71. The highest BCUT2D eigenvalue weighted by molar-refractivity contribution is 14.1. The van der Waals surface area contributed by atoms with E-state index in [-0.39, 0.29) is 18.6 Å². The third kappa shape index (κ3) is 5.15. The van der Waals surface area contributed by atoms with Crippen molar-refractivity contribution in [2.45, 2.75) is 38.8 Å². The third-order valence-corrected chi connectivity index (χ3v) is 5.16. The third-order valence-electron chi connectivity index (χ3n) is 4.18. The van der Waals surface area contributed by atoms with Gasteiger partial charge >= 0.3 is 6.09 Å². The van der Waals surface area contributed by atoms with Crippen LogP contribution in [0.1, 0.15) is 25.8 Å². The number of rotatable bonds is 6. The Kier molecular flexibility index (Phi) is 7.19. The lowest BCUT2D eigenvalue weighted by Gasteiger charge is -2.20. The summed E-state index contributed by atoms with van der Waals surface area (Å²) in [7, 11) is 0. The number of cyclic esters (lactones) is 1. The van der Waals surface area contributed by atoms with Crippen LogP contribution in [0, 0.1) is 0 Å². The number of halogens is 1. The van der Waals surface area contributed by atoms with Gasteiger partial charge in [0.1, 0.15) is 6.61 Å². The number of amides is 2. The van der Waals surface area contributed by atoms with Crippen molar-refractivity contribution >= 4 is 34.6 Å². The number of carbonyl (C=O) groups is 2. The molecule has 1 aliphatic rings. The first-order chi connectivity index (χ1) is 11.9. The minimum atomic E-state index is -0.634. The van der Waals surface area contributed by atoms with Gasteiger partial charge in [-0.15, -0.1) is 0 Å². The fraction of sp³-hybridized carbons (Fsp3) is 0.368. The van der Waals surface area contributed by atoms with E-state index in [0.29, 0.717) is 18.4 Å². The molecular formula is C19H22INO4. The number of aliphatic hydroxyl groups excluding tert-OH is 1. The van der Waals surface area contributed by atoms with Gasteiger partial charge in [-0.1, -0.05) is 59.0 Å². The van der Waals surface area contributed by atoms with Crippen molar-refractivity contribution in [2.75, 3.05) is 6.61 Å². The number of hydrogen-bond donors (Lipinski definition) is 1. The van der Waals surface area contributed by atoms with Crippen LogP contribution in [0.5, 0.6) is 0 Å². The van der Waals surface area contributed by atoms with Gasteiger partial charge in [0.05, 0.1) is 12.1 Å². The molecule has 134 valence electrons. The summed E-state index contributed by atoms with van der Waals surface area (Å²) in [4.78, 5) is 25.9. The Hall–Kier alpha value is -1.67. The van der Waals surface area contributed by atoms with Gasteiger partial charge in [-0.25, -0.2) is 9.69 Å². The van der Waals surface area contributed by atoms with Crippen molar-refractivity contribution in [3.63, 3.8) is 0 Å². The Morgan fingerprint density at radius 3 is 2.72 bits per heavy atom. The number of carbonyl (C=O) groups excluding carboxylic acids is 2. The van der Waals surface area contributed by atoms with Crippen LogP contribution in [0.4, 0.5) is 4.79 Å². The van der Waals surface area contributed by atoms with Crippen LogP contribution < -0.4 is 0 Å². The van der Waals surface area contributed by atoms with Gasteiger partial charge in [0.15, 0.2) is 0 Å².